The lowest BCUT2D eigenvalue weighted by atomic mass is 10.0. The van der Waals surface area contributed by atoms with Gasteiger partial charge in [-0.2, -0.15) is 13.2 Å². The van der Waals surface area contributed by atoms with Crippen LogP contribution in [0.5, 0.6) is 0 Å². The average Bonchev–Trinajstić information content (AvgIpc) is 3.17. The van der Waals surface area contributed by atoms with Gasteiger partial charge in [-0.1, -0.05) is 11.6 Å². The fourth-order valence-electron chi connectivity index (χ4n) is 2.43. The molecule has 29 heavy (non-hydrogen) atoms. The standard InChI is InChI=1S/C17H10BClF3N5O2/c18-15-11(19)12(23)10(6-26-15)27-16(29)9-4-7(5-25-9)13(28)8-2-1-3-24-14(8)17(20,21)22/h1-6,25H,(H2,23,26)(H,27,29). The van der Waals surface area contributed by atoms with Crippen LogP contribution in [-0.4, -0.2) is 34.5 Å². The smallest absolute Gasteiger partial charge is 0.396 e. The van der Waals surface area contributed by atoms with Gasteiger partial charge in [0.05, 0.1) is 28.2 Å². The van der Waals surface area contributed by atoms with Crippen molar-refractivity contribution in [1.29, 1.82) is 0 Å². The van der Waals surface area contributed by atoms with E-state index in [0.717, 1.165) is 24.5 Å². The Morgan fingerprint density at radius 1 is 1.28 bits per heavy atom. The molecule has 12 heteroatoms. The second kappa shape index (κ2) is 7.59. The van der Waals surface area contributed by atoms with Crippen LogP contribution in [0.2, 0.25) is 5.02 Å². The van der Waals surface area contributed by atoms with Gasteiger partial charge >= 0.3 is 6.18 Å². The number of ketones is 1. The van der Waals surface area contributed by atoms with Crippen LogP contribution in [0.15, 0.2) is 36.8 Å². The van der Waals surface area contributed by atoms with Crippen molar-refractivity contribution in [2.45, 2.75) is 6.18 Å². The highest BCUT2D eigenvalue weighted by molar-refractivity contribution is 6.46. The van der Waals surface area contributed by atoms with Crippen molar-refractivity contribution in [2.24, 2.45) is 0 Å². The van der Waals surface area contributed by atoms with Gasteiger partial charge in [0.25, 0.3) is 5.91 Å². The normalized spacial score (nSPS) is 11.3. The molecule has 0 aliphatic rings. The highest BCUT2D eigenvalue weighted by Gasteiger charge is 2.37. The molecule has 3 aromatic rings. The Labute approximate surface area is 167 Å². The Morgan fingerprint density at radius 2 is 2.00 bits per heavy atom. The van der Waals surface area contributed by atoms with E-state index >= 15 is 0 Å². The van der Waals surface area contributed by atoms with Gasteiger partial charge in [-0.05, 0) is 18.2 Å². The van der Waals surface area contributed by atoms with E-state index in [0.29, 0.717) is 0 Å². The molecule has 0 aromatic carbocycles. The summed E-state index contributed by atoms with van der Waals surface area (Å²) < 4.78 is 39.2. The zero-order chi connectivity index (χ0) is 21.3. The number of hydrogen-bond acceptors (Lipinski definition) is 5. The highest BCUT2D eigenvalue weighted by atomic mass is 35.5. The van der Waals surface area contributed by atoms with E-state index in [1.54, 1.807) is 0 Å². The van der Waals surface area contributed by atoms with Gasteiger partial charge < -0.3 is 16.0 Å². The summed E-state index contributed by atoms with van der Waals surface area (Å²) in [6.07, 6.45) is -1.57. The van der Waals surface area contributed by atoms with Crippen molar-refractivity contribution in [3.05, 3.63) is 64.3 Å². The van der Waals surface area contributed by atoms with Crippen molar-refractivity contribution in [3.63, 3.8) is 0 Å². The summed E-state index contributed by atoms with van der Waals surface area (Å²) in [5.74, 6) is -1.67. The summed E-state index contributed by atoms with van der Waals surface area (Å²) in [5, 5.41) is 2.38. The van der Waals surface area contributed by atoms with Crippen LogP contribution < -0.4 is 16.6 Å². The number of carbonyl (C=O) groups excluding carboxylic acids is 2. The molecule has 0 aliphatic heterocycles. The molecule has 0 saturated carbocycles. The highest BCUT2D eigenvalue weighted by Crippen LogP contribution is 2.31. The lowest BCUT2D eigenvalue weighted by Gasteiger charge is -2.10. The molecule has 0 bridgehead atoms. The van der Waals surface area contributed by atoms with Crippen LogP contribution in [0.1, 0.15) is 32.1 Å². The zero-order valence-electron chi connectivity index (χ0n) is 14.3. The summed E-state index contributed by atoms with van der Waals surface area (Å²) in [5.41, 5.74) is 3.59. The maximum atomic E-state index is 13.1. The number of nitrogen functional groups attached to an aromatic ring is 1. The maximum Gasteiger partial charge on any atom is 0.434 e. The molecule has 0 unspecified atom stereocenters. The summed E-state index contributed by atoms with van der Waals surface area (Å²) in [4.78, 5) is 34.4. The molecule has 0 spiro atoms. The third-order valence-electron chi connectivity index (χ3n) is 3.84. The van der Waals surface area contributed by atoms with Crippen LogP contribution >= 0.6 is 11.6 Å². The van der Waals surface area contributed by atoms with Crippen molar-refractivity contribution < 1.29 is 22.8 Å². The first-order valence-electron chi connectivity index (χ1n) is 7.85. The number of anilines is 2. The lowest BCUT2D eigenvalue weighted by Crippen LogP contribution is -2.18. The monoisotopic (exact) mass is 419 g/mol. The van der Waals surface area contributed by atoms with Gasteiger partial charge in [0.15, 0.2) is 11.5 Å². The molecule has 146 valence electrons. The fourth-order valence-corrected chi connectivity index (χ4v) is 2.58. The van der Waals surface area contributed by atoms with Gasteiger partial charge in [0.2, 0.25) is 0 Å². The number of pyridine rings is 2. The molecule has 1 amide bonds. The predicted molar refractivity (Wildman–Crippen MR) is 100 cm³/mol. The number of nitrogens with one attached hydrogen (secondary N) is 2. The molecule has 3 heterocycles. The van der Waals surface area contributed by atoms with Gasteiger partial charge in [-0.15, -0.1) is 0 Å². The number of carbonyl (C=O) groups is 2. The quantitative estimate of drug-likeness (QED) is 0.444. The van der Waals surface area contributed by atoms with E-state index in [2.05, 4.69) is 20.3 Å². The van der Waals surface area contributed by atoms with Crippen molar-refractivity contribution in [3.8, 4) is 0 Å². The Morgan fingerprint density at radius 3 is 2.69 bits per heavy atom. The molecule has 0 atom stereocenters. The summed E-state index contributed by atoms with van der Waals surface area (Å²) in [6, 6.07) is 3.32. The van der Waals surface area contributed by atoms with E-state index in [9.17, 15) is 22.8 Å². The number of hydrogen-bond donors (Lipinski definition) is 3. The first-order chi connectivity index (χ1) is 13.6. The Hall–Kier alpha value is -3.34. The van der Waals surface area contributed by atoms with E-state index in [-0.39, 0.29) is 33.2 Å². The number of alkyl halides is 3. The van der Waals surface area contributed by atoms with Gasteiger partial charge in [0.1, 0.15) is 13.5 Å². The third-order valence-corrected chi connectivity index (χ3v) is 4.24. The van der Waals surface area contributed by atoms with Crippen molar-refractivity contribution in [1.82, 2.24) is 15.0 Å². The van der Waals surface area contributed by atoms with Crippen molar-refractivity contribution in [2.75, 3.05) is 11.1 Å². The average molecular weight is 420 g/mol. The van der Waals surface area contributed by atoms with Gasteiger partial charge in [-0.25, -0.2) is 0 Å². The maximum absolute atomic E-state index is 13.1. The Balaban J connectivity index is 1.86. The molecule has 3 aromatic heterocycles. The number of halogens is 4. The SMILES string of the molecule is [B]c1ncc(NC(=O)c2cc(C(=O)c3cccnc3C(F)(F)F)c[nH]2)c(N)c1Cl. The van der Waals surface area contributed by atoms with E-state index in [1.165, 1.54) is 12.3 Å². The van der Waals surface area contributed by atoms with Gasteiger partial charge in [-0.3, -0.25) is 19.6 Å². The minimum absolute atomic E-state index is 0.0134. The Kier molecular flexibility index (Phi) is 5.34. The largest absolute Gasteiger partial charge is 0.434 e. The van der Waals surface area contributed by atoms with Crippen LogP contribution in [0.3, 0.4) is 0 Å². The lowest BCUT2D eigenvalue weighted by molar-refractivity contribution is -0.141. The molecule has 0 saturated heterocycles. The second-order valence-electron chi connectivity index (χ2n) is 5.77. The van der Waals surface area contributed by atoms with Crippen LogP contribution in [-0.2, 0) is 6.18 Å². The summed E-state index contributed by atoms with van der Waals surface area (Å²) in [6.45, 7) is 0. The van der Waals surface area contributed by atoms with E-state index < -0.39 is 29.1 Å². The number of amides is 1. The molecule has 3 rings (SSSR count). The fraction of sp³-hybridized carbons (Fsp3) is 0.0588. The molecule has 0 fully saturated rings. The van der Waals surface area contributed by atoms with Crippen LogP contribution in [0, 0.1) is 0 Å². The third kappa shape index (κ3) is 4.09. The number of nitrogens with two attached hydrogens (primary N) is 1. The van der Waals surface area contributed by atoms with Crippen LogP contribution in [0.25, 0.3) is 0 Å². The molecular formula is C17H10BClF3N5O2. The number of rotatable bonds is 4. The zero-order valence-corrected chi connectivity index (χ0v) is 15.1. The van der Waals surface area contributed by atoms with Gasteiger partial charge in [0, 0.05) is 23.6 Å². The predicted octanol–water partition coefficient (Wildman–Crippen LogP) is 2.34. The molecule has 0 aliphatic carbocycles. The molecule has 4 N–H and O–H groups in total. The first kappa shape index (κ1) is 20.4. The second-order valence-corrected chi connectivity index (χ2v) is 6.15. The minimum atomic E-state index is -4.80. The van der Waals surface area contributed by atoms with E-state index in [1.807, 2.05) is 0 Å². The molecular weight excluding hydrogens is 409 g/mol. The Bertz CT molecular complexity index is 1120. The summed E-state index contributed by atoms with van der Waals surface area (Å²) >= 11 is 5.86. The topological polar surface area (TPSA) is 114 Å². The number of aromatic amines is 1. The molecule has 7 nitrogen and oxygen atoms in total. The number of H-pyrrole nitrogens is 1. The number of aromatic nitrogens is 3. The van der Waals surface area contributed by atoms with Crippen LogP contribution in [0.4, 0.5) is 24.5 Å². The summed E-state index contributed by atoms with van der Waals surface area (Å²) in [7, 11) is 5.50. The molecule has 2 radical (unpaired) electrons. The van der Waals surface area contributed by atoms with E-state index in [4.69, 9.17) is 25.2 Å². The first-order valence-corrected chi connectivity index (χ1v) is 8.23. The minimum Gasteiger partial charge on any atom is -0.396 e. The number of nitrogens with zero attached hydrogens (tertiary/aromatic N) is 2. The van der Waals surface area contributed by atoms with Crippen molar-refractivity contribution >= 4 is 48.1 Å².